The van der Waals surface area contributed by atoms with E-state index in [9.17, 15) is 14.0 Å². The predicted octanol–water partition coefficient (Wildman–Crippen LogP) is 1.71. The van der Waals surface area contributed by atoms with Crippen LogP contribution >= 0.6 is 11.3 Å². The lowest BCUT2D eigenvalue weighted by molar-refractivity contribution is -0.134. The lowest BCUT2D eigenvalue weighted by Gasteiger charge is -2.36. The molecule has 178 valence electrons. The number of amides is 2. The van der Waals surface area contributed by atoms with Crippen LogP contribution in [0.1, 0.15) is 28.6 Å². The van der Waals surface area contributed by atoms with Gasteiger partial charge in [-0.2, -0.15) is 0 Å². The highest BCUT2D eigenvalue weighted by molar-refractivity contribution is 7.12. The summed E-state index contributed by atoms with van der Waals surface area (Å²) in [5.74, 6) is -0.861. The highest BCUT2D eigenvalue weighted by atomic mass is 32.1. The Morgan fingerprint density at radius 3 is 2.70 bits per heavy atom. The third-order valence-corrected chi connectivity index (χ3v) is 6.23. The van der Waals surface area contributed by atoms with E-state index >= 15 is 0 Å². The van der Waals surface area contributed by atoms with E-state index < -0.39 is 11.9 Å². The van der Waals surface area contributed by atoms with Crippen LogP contribution in [-0.4, -0.2) is 78.0 Å². The first-order chi connectivity index (χ1) is 15.9. The third kappa shape index (κ3) is 6.65. The van der Waals surface area contributed by atoms with E-state index in [1.807, 2.05) is 5.38 Å². The van der Waals surface area contributed by atoms with Crippen molar-refractivity contribution >= 4 is 29.0 Å². The fourth-order valence-electron chi connectivity index (χ4n) is 3.53. The molecule has 1 aliphatic rings. The largest absolute Gasteiger partial charge is 0.493 e. The van der Waals surface area contributed by atoms with Crippen LogP contribution < -0.4 is 15.8 Å². The topological polar surface area (TPSA) is 120 Å². The van der Waals surface area contributed by atoms with Crippen LogP contribution in [0.4, 0.5) is 4.39 Å². The van der Waals surface area contributed by atoms with Gasteiger partial charge in [-0.3, -0.25) is 14.5 Å². The lowest BCUT2D eigenvalue weighted by Crippen LogP contribution is -2.54. The van der Waals surface area contributed by atoms with E-state index in [4.69, 9.17) is 15.7 Å². The Balaban J connectivity index is 1.35. The number of benzene rings is 1. The molecule has 1 aromatic heterocycles. The molecule has 0 aliphatic carbocycles. The Morgan fingerprint density at radius 1 is 1.30 bits per heavy atom. The van der Waals surface area contributed by atoms with E-state index in [0.29, 0.717) is 30.3 Å². The summed E-state index contributed by atoms with van der Waals surface area (Å²) in [5, 5.41) is 16.0. The summed E-state index contributed by atoms with van der Waals surface area (Å²) in [6.07, 6.45) is 0.741. The molecule has 1 aliphatic heterocycles. The van der Waals surface area contributed by atoms with Gasteiger partial charge in [-0.05, 0) is 36.9 Å². The van der Waals surface area contributed by atoms with Gasteiger partial charge in [0.05, 0.1) is 17.0 Å². The van der Waals surface area contributed by atoms with Crippen molar-refractivity contribution in [3.63, 3.8) is 0 Å². The van der Waals surface area contributed by atoms with Gasteiger partial charge in [0.2, 0.25) is 5.91 Å². The molecule has 1 aromatic carbocycles. The molecule has 3 rings (SSSR count). The number of amidine groups is 1. The van der Waals surface area contributed by atoms with Crippen LogP contribution in [0.15, 0.2) is 40.9 Å². The minimum Gasteiger partial charge on any atom is -0.493 e. The summed E-state index contributed by atoms with van der Waals surface area (Å²) < 4.78 is 19.6. The van der Waals surface area contributed by atoms with Crippen molar-refractivity contribution in [1.82, 2.24) is 15.1 Å². The number of carbonyl (C=O) groups is 2. The highest BCUT2D eigenvalue weighted by Crippen LogP contribution is 2.17. The van der Waals surface area contributed by atoms with E-state index in [0.717, 1.165) is 26.1 Å². The average molecular weight is 478 g/mol. The number of hydrogen-bond donors (Lipinski definition) is 3. The maximum atomic E-state index is 14.0. The second-order valence-electron chi connectivity index (χ2n) is 7.67. The SMILES string of the molecule is C[C@@H](NC(=O)c1cccs1)C(=O)N1CCN(CCCOc2ccc(/C(N)=N\O)c(F)c2)CC1. The molecule has 2 aromatic rings. The number of oxime groups is 1. The number of hydrogen-bond acceptors (Lipinski definition) is 7. The molecule has 33 heavy (non-hydrogen) atoms. The number of thiophene rings is 1. The van der Waals surface area contributed by atoms with Gasteiger partial charge >= 0.3 is 0 Å². The van der Waals surface area contributed by atoms with Crippen LogP contribution in [0, 0.1) is 5.82 Å². The number of carbonyl (C=O) groups excluding carboxylic acids is 2. The Kier molecular flexibility index (Phi) is 8.61. The summed E-state index contributed by atoms with van der Waals surface area (Å²) in [5.41, 5.74) is 5.42. The van der Waals surface area contributed by atoms with Crippen LogP contribution in [0.25, 0.3) is 0 Å². The first-order valence-electron chi connectivity index (χ1n) is 10.6. The quantitative estimate of drug-likeness (QED) is 0.166. The number of halogens is 1. The molecule has 2 amide bonds. The summed E-state index contributed by atoms with van der Waals surface area (Å²) in [7, 11) is 0. The Hall–Kier alpha value is -3.18. The van der Waals surface area contributed by atoms with Crippen molar-refractivity contribution in [3.8, 4) is 5.75 Å². The maximum absolute atomic E-state index is 14.0. The monoisotopic (exact) mass is 477 g/mol. The van der Waals surface area contributed by atoms with Gasteiger partial charge in [0.25, 0.3) is 5.91 Å². The van der Waals surface area contributed by atoms with E-state index in [1.54, 1.807) is 30.0 Å². The number of rotatable bonds is 9. The Bertz CT molecular complexity index is 977. The summed E-state index contributed by atoms with van der Waals surface area (Å²) >= 11 is 1.34. The van der Waals surface area contributed by atoms with E-state index in [1.165, 1.54) is 23.5 Å². The van der Waals surface area contributed by atoms with Gasteiger partial charge in [-0.1, -0.05) is 11.2 Å². The highest BCUT2D eigenvalue weighted by Gasteiger charge is 2.26. The maximum Gasteiger partial charge on any atom is 0.261 e. The number of ether oxygens (including phenoxy) is 1. The lowest BCUT2D eigenvalue weighted by atomic mass is 10.2. The fraction of sp³-hybridized carbons (Fsp3) is 0.409. The van der Waals surface area contributed by atoms with Gasteiger partial charge < -0.3 is 25.9 Å². The molecule has 1 saturated heterocycles. The normalized spacial score (nSPS) is 15.8. The average Bonchev–Trinajstić information content (AvgIpc) is 3.36. The minimum absolute atomic E-state index is 0.0117. The number of nitrogens with two attached hydrogens (primary N) is 1. The van der Waals surface area contributed by atoms with Crippen molar-refractivity contribution in [2.24, 2.45) is 10.9 Å². The molecule has 0 unspecified atom stereocenters. The van der Waals surface area contributed by atoms with Crippen LogP contribution in [0.2, 0.25) is 0 Å². The van der Waals surface area contributed by atoms with Crippen LogP contribution in [0.3, 0.4) is 0 Å². The third-order valence-electron chi connectivity index (χ3n) is 5.36. The zero-order valence-corrected chi connectivity index (χ0v) is 19.2. The van der Waals surface area contributed by atoms with Gasteiger partial charge in [0.1, 0.15) is 17.6 Å². The first-order valence-corrected chi connectivity index (χ1v) is 11.5. The Labute approximate surface area is 195 Å². The van der Waals surface area contributed by atoms with Crippen molar-refractivity contribution in [1.29, 1.82) is 0 Å². The van der Waals surface area contributed by atoms with Gasteiger partial charge in [-0.15, -0.1) is 11.3 Å². The molecule has 0 radical (unpaired) electrons. The van der Waals surface area contributed by atoms with Crippen molar-refractivity contribution < 1.29 is 23.9 Å². The fourth-order valence-corrected chi connectivity index (χ4v) is 4.16. The van der Waals surface area contributed by atoms with Gasteiger partial charge in [-0.25, -0.2) is 4.39 Å². The number of nitrogens with one attached hydrogen (secondary N) is 1. The molecule has 9 nitrogen and oxygen atoms in total. The zero-order valence-electron chi connectivity index (χ0n) is 18.4. The standard InChI is InChI=1S/C22H28FN5O4S/c1-15(25-21(29)19-4-2-13-33-19)22(30)28-10-8-27(9-11-28)7-3-12-32-16-5-6-17(18(23)14-16)20(24)26-31/h2,4-6,13-15,31H,3,7-12H2,1H3,(H2,24,26)(H,25,29)/t15-/m1/s1. The molecule has 0 bridgehead atoms. The first kappa shape index (κ1) is 24.5. The molecule has 0 saturated carbocycles. The molecule has 11 heteroatoms. The molecule has 2 heterocycles. The molecular formula is C22H28FN5O4S. The molecular weight excluding hydrogens is 449 g/mol. The van der Waals surface area contributed by atoms with Crippen molar-refractivity contribution in [3.05, 3.63) is 52.0 Å². The van der Waals surface area contributed by atoms with Crippen molar-refractivity contribution in [2.75, 3.05) is 39.3 Å². The van der Waals surface area contributed by atoms with Crippen LogP contribution in [-0.2, 0) is 4.79 Å². The summed E-state index contributed by atoms with van der Waals surface area (Å²) in [4.78, 5) is 29.4. The number of piperazine rings is 1. The smallest absolute Gasteiger partial charge is 0.261 e. The zero-order chi connectivity index (χ0) is 23.8. The van der Waals surface area contributed by atoms with Crippen LogP contribution in [0.5, 0.6) is 5.75 Å². The van der Waals surface area contributed by atoms with E-state index in [-0.39, 0.29) is 23.2 Å². The van der Waals surface area contributed by atoms with E-state index in [2.05, 4.69) is 15.4 Å². The second-order valence-corrected chi connectivity index (χ2v) is 8.62. The molecule has 1 atom stereocenters. The summed E-state index contributed by atoms with van der Waals surface area (Å²) in [6, 6.07) is 7.13. The summed E-state index contributed by atoms with van der Waals surface area (Å²) in [6.45, 7) is 5.57. The predicted molar refractivity (Wildman–Crippen MR) is 123 cm³/mol. The minimum atomic E-state index is -0.621. The number of nitrogens with zero attached hydrogens (tertiary/aromatic N) is 3. The molecule has 4 N–H and O–H groups in total. The second kappa shape index (κ2) is 11.6. The molecule has 1 fully saturated rings. The molecule has 0 spiro atoms. The van der Waals surface area contributed by atoms with Crippen molar-refractivity contribution in [2.45, 2.75) is 19.4 Å². The van der Waals surface area contributed by atoms with Gasteiger partial charge in [0.15, 0.2) is 5.84 Å². The Morgan fingerprint density at radius 2 is 2.06 bits per heavy atom. The van der Waals surface area contributed by atoms with Gasteiger partial charge in [0, 0.05) is 38.8 Å².